The summed E-state index contributed by atoms with van der Waals surface area (Å²) in [5, 5.41) is 0. The molecule has 0 unspecified atom stereocenters. The van der Waals surface area contributed by atoms with Crippen molar-refractivity contribution in [1.82, 2.24) is 0 Å². The summed E-state index contributed by atoms with van der Waals surface area (Å²) in [5.74, 6) is 1.91. The quantitative estimate of drug-likeness (QED) is 0.550. The maximum absolute atomic E-state index is 6.05. The lowest BCUT2D eigenvalue weighted by Crippen LogP contribution is -2.36. The van der Waals surface area contributed by atoms with E-state index in [0.29, 0.717) is 0 Å². The zero-order valence-electron chi connectivity index (χ0n) is 15.4. The van der Waals surface area contributed by atoms with Crippen LogP contribution in [-0.4, -0.2) is 39.5 Å². The van der Waals surface area contributed by atoms with Gasteiger partial charge in [-0.2, -0.15) is 0 Å². The van der Waals surface area contributed by atoms with Gasteiger partial charge in [0.05, 0.1) is 32.1 Å². The van der Waals surface area contributed by atoms with Crippen molar-refractivity contribution in [1.29, 1.82) is 0 Å². The largest absolute Gasteiger partial charge is 0.494 e. The summed E-state index contributed by atoms with van der Waals surface area (Å²) in [4.78, 5) is 2.34. The molecule has 0 radical (unpaired) electrons. The summed E-state index contributed by atoms with van der Waals surface area (Å²) in [6.45, 7) is 9.35. The Hall–Kier alpha value is -1.42. The standard InChI is InChI=1S/C20H33NO3/c1-3-5-7-13-23-18-9-10-20(24-14-8-6-4-2)19(17-18)21-11-15-22-16-12-21/h9-10,17H,3-8,11-16H2,1-2H3. The molecule has 0 aromatic heterocycles. The Kier molecular flexibility index (Phi) is 8.82. The van der Waals surface area contributed by atoms with Crippen molar-refractivity contribution in [3.63, 3.8) is 0 Å². The van der Waals surface area contributed by atoms with Crippen LogP contribution in [0.1, 0.15) is 52.4 Å². The number of hydrogen-bond donors (Lipinski definition) is 0. The van der Waals surface area contributed by atoms with Gasteiger partial charge in [0.1, 0.15) is 11.5 Å². The summed E-state index contributed by atoms with van der Waals surface area (Å²) in [6.07, 6.45) is 7.07. The van der Waals surface area contributed by atoms with Gasteiger partial charge in [0, 0.05) is 19.2 Å². The van der Waals surface area contributed by atoms with Crippen LogP contribution in [0.15, 0.2) is 18.2 Å². The Bertz CT molecular complexity index is 458. The lowest BCUT2D eigenvalue weighted by molar-refractivity contribution is 0.122. The minimum Gasteiger partial charge on any atom is -0.494 e. The number of ether oxygens (including phenoxy) is 3. The third kappa shape index (κ3) is 6.23. The summed E-state index contributed by atoms with van der Waals surface area (Å²) < 4.78 is 17.5. The maximum Gasteiger partial charge on any atom is 0.142 e. The predicted octanol–water partition coefficient (Wildman–Crippen LogP) is 4.66. The van der Waals surface area contributed by atoms with Gasteiger partial charge < -0.3 is 19.1 Å². The van der Waals surface area contributed by atoms with Crippen LogP contribution >= 0.6 is 0 Å². The Balaban J connectivity index is 2.01. The number of nitrogens with zero attached hydrogens (tertiary/aromatic N) is 1. The van der Waals surface area contributed by atoms with Crippen molar-refractivity contribution in [2.45, 2.75) is 52.4 Å². The van der Waals surface area contributed by atoms with Crippen molar-refractivity contribution in [3.8, 4) is 11.5 Å². The molecule has 136 valence electrons. The van der Waals surface area contributed by atoms with E-state index in [1.807, 2.05) is 6.07 Å². The van der Waals surface area contributed by atoms with E-state index in [2.05, 4.69) is 30.9 Å². The van der Waals surface area contributed by atoms with E-state index >= 15 is 0 Å². The van der Waals surface area contributed by atoms with E-state index in [0.717, 1.165) is 69.5 Å². The first-order valence-corrected chi connectivity index (χ1v) is 9.57. The van der Waals surface area contributed by atoms with Gasteiger partial charge in [-0.05, 0) is 25.0 Å². The van der Waals surface area contributed by atoms with E-state index in [1.54, 1.807) is 0 Å². The minimum atomic E-state index is 0.775. The molecule has 0 amide bonds. The molecule has 1 aliphatic rings. The molecule has 0 bridgehead atoms. The van der Waals surface area contributed by atoms with Crippen LogP contribution in [0.4, 0.5) is 5.69 Å². The average Bonchev–Trinajstić information content (AvgIpc) is 2.64. The summed E-state index contributed by atoms with van der Waals surface area (Å²) in [5.41, 5.74) is 1.14. The molecule has 4 nitrogen and oxygen atoms in total. The zero-order valence-corrected chi connectivity index (χ0v) is 15.4. The molecule has 1 aromatic carbocycles. The monoisotopic (exact) mass is 335 g/mol. The number of hydrogen-bond acceptors (Lipinski definition) is 4. The molecule has 1 heterocycles. The average molecular weight is 335 g/mol. The molecule has 0 aliphatic carbocycles. The van der Waals surface area contributed by atoms with E-state index in [9.17, 15) is 0 Å². The lowest BCUT2D eigenvalue weighted by Gasteiger charge is -2.30. The third-order valence-electron chi connectivity index (χ3n) is 4.30. The van der Waals surface area contributed by atoms with E-state index in [1.165, 1.54) is 25.7 Å². The highest BCUT2D eigenvalue weighted by Crippen LogP contribution is 2.33. The Labute approximate surface area is 147 Å². The van der Waals surface area contributed by atoms with Crippen LogP contribution in [0.25, 0.3) is 0 Å². The second-order valence-electron chi connectivity index (χ2n) is 6.34. The molecule has 1 aromatic rings. The van der Waals surface area contributed by atoms with E-state index < -0.39 is 0 Å². The van der Waals surface area contributed by atoms with Crippen molar-refractivity contribution < 1.29 is 14.2 Å². The molecule has 1 aliphatic heterocycles. The van der Waals surface area contributed by atoms with Gasteiger partial charge in [0.2, 0.25) is 0 Å². The van der Waals surface area contributed by atoms with Gasteiger partial charge in [-0.15, -0.1) is 0 Å². The van der Waals surface area contributed by atoms with Crippen LogP contribution < -0.4 is 14.4 Å². The topological polar surface area (TPSA) is 30.9 Å². The number of rotatable bonds is 11. The van der Waals surface area contributed by atoms with Crippen LogP contribution in [0.3, 0.4) is 0 Å². The zero-order chi connectivity index (χ0) is 17.0. The van der Waals surface area contributed by atoms with Gasteiger partial charge in [0.15, 0.2) is 0 Å². The van der Waals surface area contributed by atoms with Crippen LogP contribution in [0.2, 0.25) is 0 Å². The van der Waals surface area contributed by atoms with Crippen molar-refractivity contribution in [3.05, 3.63) is 18.2 Å². The van der Waals surface area contributed by atoms with Crippen LogP contribution in [-0.2, 0) is 4.74 Å². The fourth-order valence-corrected chi connectivity index (χ4v) is 2.84. The fourth-order valence-electron chi connectivity index (χ4n) is 2.84. The van der Waals surface area contributed by atoms with Crippen molar-refractivity contribution in [2.24, 2.45) is 0 Å². The molecule has 1 saturated heterocycles. The van der Waals surface area contributed by atoms with Crippen LogP contribution in [0, 0.1) is 0 Å². The first-order chi connectivity index (χ1) is 11.8. The Morgan fingerprint density at radius 2 is 1.58 bits per heavy atom. The van der Waals surface area contributed by atoms with Crippen LogP contribution in [0.5, 0.6) is 11.5 Å². The van der Waals surface area contributed by atoms with Gasteiger partial charge in [0.25, 0.3) is 0 Å². The maximum atomic E-state index is 6.05. The van der Waals surface area contributed by atoms with E-state index in [4.69, 9.17) is 14.2 Å². The Morgan fingerprint density at radius 3 is 2.25 bits per heavy atom. The van der Waals surface area contributed by atoms with Crippen molar-refractivity contribution >= 4 is 5.69 Å². The first kappa shape index (κ1) is 18.9. The fraction of sp³-hybridized carbons (Fsp3) is 0.700. The van der Waals surface area contributed by atoms with E-state index in [-0.39, 0.29) is 0 Å². The molecular weight excluding hydrogens is 302 g/mol. The van der Waals surface area contributed by atoms with Crippen molar-refractivity contribution in [2.75, 3.05) is 44.4 Å². The normalized spacial score (nSPS) is 14.7. The summed E-state index contributed by atoms with van der Waals surface area (Å²) >= 11 is 0. The van der Waals surface area contributed by atoms with Gasteiger partial charge in [-0.25, -0.2) is 0 Å². The summed E-state index contributed by atoms with van der Waals surface area (Å²) in [7, 11) is 0. The molecule has 0 spiro atoms. The van der Waals surface area contributed by atoms with Gasteiger partial charge >= 0.3 is 0 Å². The molecule has 4 heteroatoms. The number of benzene rings is 1. The van der Waals surface area contributed by atoms with Gasteiger partial charge in [-0.1, -0.05) is 39.5 Å². The molecule has 1 fully saturated rings. The first-order valence-electron chi connectivity index (χ1n) is 9.57. The molecule has 0 atom stereocenters. The minimum absolute atomic E-state index is 0.775. The smallest absolute Gasteiger partial charge is 0.142 e. The second kappa shape index (κ2) is 11.2. The SMILES string of the molecule is CCCCCOc1ccc(OCCCCC)c(N2CCOCC2)c1. The molecular formula is C20H33NO3. The lowest BCUT2D eigenvalue weighted by atomic mass is 10.2. The molecule has 24 heavy (non-hydrogen) atoms. The highest BCUT2D eigenvalue weighted by atomic mass is 16.5. The third-order valence-corrected chi connectivity index (χ3v) is 4.30. The Morgan fingerprint density at radius 1 is 0.917 bits per heavy atom. The molecule has 2 rings (SSSR count). The summed E-state index contributed by atoms with van der Waals surface area (Å²) in [6, 6.07) is 6.23. The molecule has 0 saturated carbocycles. The number of unbranched alkanes of at least 4 members (excludes halogenated alkanes) is 4. The molecule has 0 N–H and O–H groups in total. The second-order valence-corrected chi connectivity index (χ2v) is 6.34. The number of anilines is 1. The number of morpholine rings is 1. The highest BCUT2D eigenvalue weighted by molar-refractivity contribution is 5.62. The highest BCUT2D eigenvalue weighted by Gasteiger charge is 2.17. The van der Waals surface area contributed by atoms with Gasteiger partial charge in [-0.3, -0.25) is 0 Å². The predicted molar refractivity (Wildman–Crippen MR) is 99.5 cm³/mol.